The van der Waals surface area contributed by atoms with Crippen LogP contribution in [0.5, 0.6) is 0 Å². The molecule has 2 fully saturated rings. The second-order valence-corrected chi connectivity index (χ2v) is 6.89. The van der Waals surface area contributed by atoms with Crippen LogP contribution in [0.4, 0.5) is 0 Å². The van der Waals surface area contributed by atoms with Gasteiger partial charge in [0, 0.05) is 50.5 Å². The second kappa shape index (κ2) is 7.03. The summed E-state index contributed by atoms with van der Waals surface area (Å²) < 4.78 is 12.9. The zero-order valence-corrected chi connectivity index (χ0v) is 14.2. The largest absolute Gasteiger partial charge is 0.381 e. The Morgan fingerprint density at radius 1 is 1.21 bits per heavy atom. The standard InChI is InChI=1S/C17H25N5O2/c1-21-15(4-7-18-21)14-3-2-8-22(11-14)12-16-19-17(24-20-16)13-5-9-23-10-6-13/h4,7,13-14H,2-3,5-6,8-12H2,1H3. The van der Waals surface area contributed by atoms with Gasteiger partial charge in [-0.05, 0) is 38.3 Å². The normalized spacial score (nSPS) is 23.6. The lowest BCUT2D eigenvalue weighted by molar-refractivity contribution is 0.0778. The van der Waals surface area contributed by atoms with Crippen molar-refractivity contribution in [3.63, 3.8) is 0 Å². The summed E-state index contributed by atoms with van der Waals surface area (Å²) >= 11 is 0. The molecule has 0 saturated carbocycles. The highest BCUT2D eigenvalue weighted by molar-refractivity contribution is 5.09. The van der Waals surface area contributed by atoms with Gasteiger partial charge in [0.25, 0.3) is 0 Å². The Balaban J connectivity index is 1.38. The molecule has 130 valence electrons. The van der Waals surface area contributed by atoms with Crippen molar-refractivity contribution >= 4 is 0 Å². The molecule has 7 nitrogen and oxygen atoms in total. The van der Waals surface area contributed by atoms with Gasteiger partial charge in [0.15, 0.2) is 5.82 Å². The molecule has 0 spiro atoms. The Morgan fingerprint density at radius 2 is 2.08 bits per heavy atom. The molecule has 1 atom stereocenters. The van der Waals surface area contributed by atoms with E-state index in [9.17, 15) is 0 Å². The number of rotatable bonds is 4. The third-order valence-electron chi connectivity index (χ3n) is 5.20. The Kier molecular flexibility index (Phi) is 4.62. The molecule has 24 heavy (non-hydrogen) atoms. The maximum absolute atomic E-state index is 5.51. The first kappa shape index (κ1) is 15.8. The topological polar surface area (TPSA) is 69.2 Å². The third-order valence-corrected chi connectivity index (χ3v) is 5.20. The monoisotopic (exact) mass is 331 g/mol. The van der Waals surface area contributed by atoms with Crippen LogP contribution in [-0.4, -0.2) is 51.1 Å². The van der Waals surface area contributed by atoms with Crippen molar-refractivity contribution < 1.29 is 9.26 Å². The van der Waals surface area contributed by atoms with Crippen LogP contribution >= 0.6 is 0 Å². The lowest BCUT2D eigenvalue weighted by atomic mass is 9.94. The first-order valence-electron chi connectivity index (χ1n) is 8.90. The summed E-state index contributed by atoms with van der Waals surface area (Å²) in [7, 11) is 2.02. The predicted molar refractivity (Wildman–Crippen MR) is 87.6 cm³/mol. The van der Waals surface area contributed by atoms with Crippen LogP contribution in [0, 0.1) is 0 Å². The zero-order chi connectivity index (χ0) is 16.4. The lowest BCUT2D eigenvalue weighted by Gasteiger charge is -2.31. The van der Waals surface area contributed by atoms with Crippen LogP contribution in [0.15, 0.2) is 16.8 Å². The third kappa shape index (κ3) is 3.37. The maximum Gasteiger partial charge on any atom is 0.229 e. The summed E-state index contributed by atoms with van der Waals surface area (Å²) in [5.41, 5.74) is 1.32. The molecule has 2 aliphatic rings. The van der Waals surface area contributed by atoms with E-state index in [4.69, 9.17) is 9.26 Å². The van der Waals surface area contributed by atoms with E-state index in [2.05, 4.69) is 26.2 Å². The van der Waals surface area contributed by atoms with Crippen molar-refractivity contribution in [2.24, 2.45) is 7.05 Å². The van der Waals surface area contributed by atoms with Gasteiger partial charge in [-0.15, -0.1) is 0 Å². The molecule has 1 unspecified atom stereocenters. The molecule has 4 heterocycles. The molecular formula is C17H25N5O2. The van der Waals surface area contributed by atoms with Gasteiger partial charge in [0.05, 0.1) is 6.54 Å². The molecule has 0 aliphatic carbocycles. The van der Waals surface area contributed by atoms with E-state index in [0.717, 1.165) is 57.4 Å². The van der Waals surface area contributed by atoms with E-state index in [0.29, 0.717) is 11.8 Å². The maximum atomic E-state index is 5.51. The van der Waals surface area contributed by atoms with Gasteiger partial charge < -0.3 is 9.26 Å². The summed E-state index contributed by atoms with van der Waals surface area (Å²) in [5.74, 6) is 2.49. The van der Waals surface area contributed by atoms with Crippen LogP contribution < -0.4 is 0 Å². The Labute approximate surface area is 142 Å². The number of piperidine rings is 1. The van der Waals surface area contributed by atoms with E-state index in [1.54, 1.807) is 0 Å². The fourth-order valence-electron chi connectivity index (χ4n) is 3.87. The Morgan fingerprint density at radius 3 is 2.88 bits per heavy atom. The average Bonchev–Trinajstić information content (AvgIpc) is 3.25. The zero-order valence-electron chi connectivity index (χ0n) is 14.2. The molecule has 0 radical (unpaired) electrons. The highest BCUT2D eigenvalue weighted by Gasteiger charge is 2.26. The van der Waals surface area contributed by atoms with Crippen LogP contribution in [0.25, 0.3) is 0 Å². The Bertz CT molecular complexity index is 661. The minimum absolute atomic E-state index is 0.364. The molecule has 0 amide bonds. The summed E-state index contributed by atoms with van der Waals surface area (Å²) in [5, 5.41) is 8.51. The van der Waals surface area contributed by atoms with Gasteiger partial charge in [0.2, 0.25) is 5.89 Å². The summed E-state index contributed by atoms with van der Waals surface area (Å²) in [6.07, 6.45) is 6.26. The van der Waals surface area contributed by atoms with Crippen molar-refractivity contribution in [2.75, 3.05) is 26.3 Å². The minimum atomic E-state index is 0.364. The molecule has 0 aromatic carbocycles. The number of aryl methyl sites for hydroxylation is 1. The summed E-state index contributed by atoms with van der Waals surface area (Å²) in [4.78, 5) is 7.07. The Hall–Kier alpha value is -1.73. The molecule has 2 aromatic rings. The number of ether oxygens (including phenoxy) is 1. The predicted octanol–water partition coefficient (Wildman–Crippen LogP) is 2.08. The first-order valence-corrected chi connectivity index (χ1v) is 8.90. The van der Waals surface area contributed by atoms with Crippen molar-refractivity contribution in [1.29, 1.82) is 0 Å². The number of hydrogen-bond acceptors (Lipinski definition) is 6. The van der Waals surface area contributed by atoms with Gasteiger partial charge in [-0.25, -0.2) is 0 Å². The van der Waals surface area contributed by atoms with E-state index >= 15 is 0 Å². The molecular weight excluding hydrogens is 306 g/mol. The molecule has 4 rings (SSSR count). The van der Waals surface area contributed by atoms with Crippen LogP contribution in [0.1, 0.15) is 54.9 Å². The van der Waals surface area contributed by atoms with Crippen LogP contribution in [0.2, 0.25) is 0 Å². The van der Waals surface area contributed by atoms with Crippen LogP contribution in [0.3, 0.4) is 0 Å². The average molecular weight is 331 g/mol. The van der Waals surface area contributed by atoms with Crippen molar-refractivity contribution in [1.82, 2.24) is 24.8 Å². The number of likely N-dealkylation sites (tertiary alicyclic amines) is 1. The summed E-state index contributed by atoms with van der Waals surface area (Å²) in [6, 6.07) is 2.13. The fraction of sp³-hybridized carbons (Fsp3) is 0.706. The van der Waals surface area contributed by atoms with Crippen molar-refractivity contribution in [3.05, 3.63) is 29.7 Å². The first-order chi connectivity index (χ1) is 11.8. The molecule has 0 N–H and O–H groups in total. The number of hydrogen-bond donors (Lipinski definition) is 0. The van der Waals surface area contributed by atoms with E-state index in [-0.39, 0.29) is 0 Å². The highest BCUT2D eigenvalue weighted by atomic mass is 16.5. The second-order valence-electron chi connectivity index (χ2n) is 6.89. The van der Waals surface area contributed by atoms with E-state index in [1.807, 2.05) is 17.9 Å². The SMILES string of the molecule is Cn1nccc1C1CCCN(Cc2noc(C3CCOCC3)n2)C1. The number of aromatic nitrogens is 4. The summed E-state index contributed by atoms with van der Waals surface area (Å²) in [6.45, 7) is 4.47. The van der Waals surface area contributed by atoms with E-state index in [1.165, 1.54) is 18.5 Å². The van der Waals surface area contributed by atoms with Crippen molar-refractivity contribution in [3.8, 4) is 0 Å². The lowest BCUT2D eigenvalue weighted by Crippen LogP contribution is -2.34. The molecule has 2 aromatic heterocycles. The smallest absolute Gasteiger partial charge is 0.229 e. The van der Waals surface area contributed by atoms with Gasteiger partial charge in [0.1, 0.15) is 0 Å². The van der Waals surface area contributed by atoms with Gasteiger partial charge in [-0.3, -0.25) is 9.58 Å². The molecule has 7 heteroatoms. The van der Waals surface area contributed by atoms with Crippen LogP contribution in [-0.2, 0) is 18.3 Å². The molecule has 2 saturated heterocycles. The van der Waals surface area contributed by atoms with Gasteiger partial charge >= 0.3 is 0 Å². The minimum Gasteiger partial charge on any atom is -0.381 e. The number of nitrogens with zero attached hydrogens (tertiary/aromatic N) is 5. The molecule has 0 bridgehead atoms. The van der Waals surface area contributed by atoms with Gasteiger partial charge in [-0.1, -0.05) is 5.16 Å². The van der Waals surface area contributed by atoms with E-state index < -0.39 is 0 Å². The molecule has 2 aliphatic heterocycles. The highest BCUT2D eigenvalue weighted by Crippen LogP contribution is 2.28. The quantitative estimate of drug-likeness (QED) is 0.854. The van der Waals surface area contributed by atoms with Gasteiger partial charge in [-0.2, -0.15) is 10.1 Å². The fourth-order valence-corrected chi connectivity index (χ4v) is 3.87. The van der Waals surface area contributed by atoms with Crippen molar-refractivity contribution in [2.45, 2.75) is 44.1 Å².